The van der Waals surface area contributed by atoms with Crippen molar-refractivity contribution in [2.75, 3.05) is 21.3 Å². The Hall–Kier alpha value is -1.17. The number of benzene rings is 1. The standard InChI is InChI=1S/C14H21NO4.ClH/c1-17-10-7-12(19-3)11(18-2)6-9(10)13(15)14(16)8-4-5-8;/h6-8,13-14,16H,4-5,15H2,1-3H3;1H/t13-,14+;/m1./s1. The first-order chi connectivity index (χ1) is 9.12. The van der Waals surface area contributed by atoms with E-state index in [0.717, 1.165) is 18.4 Å². The highest BCUT2D eigenvalue weighted by atomic mass is 35.5. The van der Waals surface area contributed by atoms with Crippen molar-refractivity contribution in [3.63, 3.8) is 0 Å². The summed E-state index contributed by atoms with van der Waals surface area (Å²) in [6, 6.07) is 3.02. The van der Waals surface area contributed by atoms with Crippen molar-refractivity contribution < 1.29 is 19.3 Å². The molecule has 1 saturated carbocycles. The van der Waals surface area contributed by atoms with Crippen LogP contribution < -0.4 is 19.9 Å². The van der Waals surface area contributed by atoms with Crippen molar-refractivity contribution in [3.8, 4) is 17.2 Å². The van der Waals surface area contributed by atoms with E-state index in [1.165, 1.54) is 0 Å². The lowest BCUT2D eigenvalue weighted by Crippen LogP contribution is -2.28. The van der Waals surface area contributed by atoms with Gasteiger partial charge in [-0.3, -0.25) is 0 Å². The van der Waals surface area contributed by atoms with Gasteiger partial charge in [0, 0.05) is 11.6 Å². The van der Waals surface area contributed by atoms with E-state index in [-0.39, 0.29) is 12.4 Å². The first-order valence-corrected chi connectivity index (χ1v) is 6.36. The molecule has 2 atom stereocenters. The largest absolute Gasteiger partial charge is 0.496 e. The summed E-state index contributed by atoms with van der Waals surface area (Å²) in [4.78, 5) is 0. The minimum absolute atomic E-state index is 0. The Morgan fingerprint density at radius 2 is 1.55 bits per heavy atom. The first-order valence-electron chi connectivity index (χ1n) is 6.36. The second kappa shape index (κ2) is 7.02. The molecule has 1 aliphatic carbocycles. The molecule has 0 radical (unpaired) electrons. The highest BCUT2D eigenvalue weighted by Crippen LogP contribution is 2.42. The van der Waals surface area contributed by atoms with Crippen LogP contribution in [0.25, 0.3) is 0 Å². The Morgan fingerprint density at radius 1 is 1.05 bits per heavy atom. The van der Waals surface area contributed by atoms with E-state index in [0.29, 0.717) is 23.2 Å². The molecule has 3 N–H and O–H groups in total. The molecule has 2 rings (SSSR count). The summed E-state index contributed by atoms with van der Waals surface area (Å²) >= 11 is 0. The molecule has 0 unspecified atom stereocenters. The van der Waals surface area contributed by atoms with Crippen molar-refractivity contribution in [1.82, 2.24) is 0 Å². The zero-order valence-corrected chi connectivity index (χ0v) is 12.8. The third-order valence-corrected chi connectivity index (χ3v) is 3.57. The Morgan fingerprint density at radius 3 is 2.00 bits per heavy atom. The van der Waals surface area contributed by atoms with E-state index in [1.54, 1.807) is 33.5 Å². The number of hydrogen-bond donors (Lipinski definition) is 2. The van der Waals surface area contributed by atoms with Gasteiger partial charge in [0.15, 0.2) is 11.5 Å². The number of rotatable bonds is 6. The molecule has 20 heavy (non-hydrogen) atoms. The van der Waals surface area contributed by atoms with Gasteiger partial charge in [0.2, 0.25) is 0 Å². The molecule has 6 heteroatoms. The number of halogens is 1. The van der Waals surface area contributed by atoms with Crippen LogP contribution in [0.4, 0.5) is 0 Å². The topological polar surface area (TPSA) is 73.9 Å². The van der Waals surface area contributed by atoms with Crippen LogP contribution in [-0.4, -0.2) is 32.5 Å². The van der Waals surface area contributed by atoms with Crippen LogP contribution in [0, 0.1) is 5.92 Å². The normalized spacial score (nSPS) is 16.9. The molecule has 0 amide bonds. The molecular weight excluding hydrogens is 282 g/mol. The van der Waals surface area contributed by atoms with Crippen LogP contribution in [0.2, 0.25) is 0 Å². The third kappa shape index (κ3) is 3.29. The number of aliphatic hydroxyl groups excluding tert-OH is 1. The molecule has 0 heterocycles. The molecule has 0 bridgehead atoms. The van der Waals surface area contributed by atoms with Gasteiger partial charge < -0.3 is 25.1 Å². The molecule has 0 aromatic heterocycles. The summed E-state index contributed by atoms with van der Waals surface area (Å²) in [5.41, 5.74) is 6.88. The van der Waals surface area contributed by atoms with Gasteiger partial charge in [0.25, 0.3) is 0 Å². The van der Waals surface area contributed by atoms with Crippen LogP contribution in [0.15, 0.2) is 12.1 Å². The smallest absolute Gasteiger partial charge is 0.164 e. The van der Waals surface area contributed by atoms with E-state index in [9.17, 15) is 5.11 Å². The lowest BCUT2D eigenvalue weighted by Gasteiger charge is -2.22. The second-order valence-electron chi connectivity index (χ2n) is 4.80. The van der Waals surface area contributed by atoms with Gasteiger partial charge in [0.1, 0.15) is 5.75 Å². The van der Waals surface area contributed by atoms with Crippen molar-refractivity contribution in [2.24, 2.45) is 11.7 Å². The second-order valence-corrected chi connectivity index (χ2v) is 4.80. The van der Waals surface area contributed by atoms with Crippen LogP contribution >= 0.6 is 12.4 Å². The van der Waals surface area contributed by atoms with Crippen molar-refractivity contribution in [2.45, 2.75) is 25.0 Å². The molecule has 114 valence electrons. The average Bonchev–Trinajstić information content (AvgIpc) is 3.28. The lowest BCUT2D eigenvalue weighted by molar-refractivity contribution is 0.121. The Bertz CT molecular complexity index is 451. The summed E-state index contributed by atoms with van der Waals surface area (Å²) in [7, 11) is 4.70. The van der Waals surface area contributed by atoms with Crippen molar-refractivity contribution in [3.05, 3.63) is 17.7 Å². The summed E-state index contributed by atoms with van der Waals surface area (Å²) in [5.74, 6) is 2.06. The monoisotopic (exact) mass is 303 g/mol. The fourth-order valence-electron chi connectivity index (χ4n) is 2.23. The van der Waals surface area contributed by atoms with Crippen molar-refractivity contribution >= 4 is 12.4 Å². The summed E-state index contributed by atoms with van der Waals surface area (Å²) in [6.07, 6.45) is 1.52. The Kier molecular flexibility index (Phi) is 5.92. The molecule has 1 aromatic rings. The minimum Gasteiger partial charge on any atom is -0.496 e. The van der Waals surface area contributed by atoms with E-state index >= 15 is 0 Å². The summed E-state index contributed by atoms with van der Waals surface area (Å²) in [6.45, 7) is 0. The number of nitrogens with two attached hydrogens (primary N) is 1. The van der Waals surface area contributed by atoms with Crippen LogP contribution in [0.3, 0.4) is 0 Å². The van der Waals surface area contributed by atoms with E-state index in [4.69, 9.17) is 19.9 Å². The third-order valence-electron chi connectivity index (χ3n) is 3.57. The van der Waals surface area contributed by atoms with Crippen molar-refractivity contribution in [1.29, 1.82) is 0 Å². The van der Waals surface area contributed by atoms with Gasteiger partial charge in [-0.15, -0.1) is 12.4 Å². The fourth-order valence-corrected chi connectivity index (χ4v) is 2.23. The quantitative estimate of drug-likeness (QED) is 0.839. The fraction of sp³-hybridized carbons (Fsp3) is 0.571. The number of aliphatic hydroxyl groups is 1. The maximum atomic E-state index is 10.2. The molecule has 0 aliphatic heterocycles. The molecule has 1 fully saturated rings. The average molecular weight is 304 g/mol. The van der Waals surface area contributed by atoms with E-state index < -0.39 is 12.1 Å². The number of hydrogen-bond acceptors (Lipinski definition) is 5. The van der Waals surface area contributed by atoms with Gasteiger partial charge in [-0.05, 0) is 24.8 Å². The zero-order valence-electron chi connectivity index (χ0n) is 12.0. The van der Waals surface area contributed by atoms with Crippen LogP contribution in [0.1, 0.15) is 24.4 Å². The first kappa shape index (κ1) is 16.9. The molecule has 0 saturated heterocycles. The predicted molar refractivity (Wildman–Crippen MR) is 79.0 cm³/mol. The SMILES string of the molecule is COc1cc(OC)c([C@@H](N)[C@@H](O)C2CC2)cc1OC.Cl. The number of methoxy groups -OCH3 is 3. The Labute approximate surface area is 125 Å². The number of ether oxygens (including phenoxy) is 3. The maximum Gasteiger partial charge on any atom is 0.164 e. The van der Waals surface area contributed by atoms with Crippen LogP contribution in [-0.2, 0) is 0 Å². The highest BCUT2D eigenvalue weighted by Gasteiger charge is 2.35. The van der Waals surface area contributed by atoms with E-state index in [2.05, 4.69) is 0 Å². The van der Waals surface area contributed by atoms with E-state index in [1.807, 2.05) is 0 Å². The molecular formula is C14H22ClNO4. The molecule has 0 spiro atoms. The minimum atomic E-state index is -0.549. The van der Waals surface area contributed by atoms with Gasteiger partial charge in [-0.2, -0.15) is 0 Å². The highest BCUT2D eigenvalue weighted by molar-refractivity contribution is 5.85. The van der Waals surface area contributed by atoms with Gasteiger partial charge in [-0.25, -0.2) is 0 Å². The lowest BCUT2D eigenvalue weighted by atomic mass is 9.97. The molecule has 1 aliphatic rings. The van der Waals surface area contributed by atoms with Gasteiger partial charge in [-0.1, -0.05) is 0 Å². The van der Waals surface area contributed by atoms with Gasteiger partial charge in [0.05, 0.1) is 33.5 Å². The zero-order chi connectivity index (χ0) is 14.0. The summed E-state index contributed by atoms with van der Waals surface area (Å²) < 4.78 is 15.8. The summed E-state index contributed by atoms with van der Waals surface area (Å²) in [5, 5.41) is 10.2. The van der Waals surface area contributed by atoms with Gasteiger partial charge >= 0.3 is 0 Å². The predicted octanol–water partition coefficient (Wildman–Crippen LogP) is 1.90. The molecule has 5 nitrogen and oxygen atoms in total. The molecule has 1 aromatic carbocycles. The Balaban J connectivity index is 0.00000200. The maximum absolute atomic E-state index is 10.2. The van der Waals surface area contributed by atoms with Crippen LogP contribution in [0.5, 0.6) is 17.2 Å².